The van der Waals surface area contributed by atoms with Crippen LogP contribution < -0.4 is 0 Å². The number of aromatic amines is 1. The van der Waals surface area contributed by atoms with Crippen molar-refractivity contribution < 1.29 is 4.39 Å². The number of nitrogens with one attached hydrogen (secondary N) is 1. The van der Waals surface area contributed by atoms with E-state index in [1.54, 1.807) is 6.07 Å². The van der Waals surface area contributed by atoms with Crippen LogP contribution in [-0.2, 0) is 0 Å². The molecular weight excluding hydrogens is 285 g/mol. The zero-order valence-electron chi connectivity index (χ0n) is 10.6. The first-order valence-corrected chi connectivity index (χ1v) is 7.12. The van der Waals surface area contributed by atoms with E-state index in [0.29, 0.717) is 16.3 Å². The Balaban J connectivity index is 2.14. The number of imidazole rings is 1. The minimum Gasteiger partial charge on any atom is -0.330 e. The van der Waals surface area contributed by atoms with Crippen LogP contribution in [0.2, 0.25) is 5.02 Å². The van der Waals surface area contributed by atoms with Gasteiger partial charge in [-0.05, 0) is 44.7 Å². The van der Waals surface area contributed by atoms with Crippen LogP contribution in [0.15, 0.2) is 12.1 Å². The molecule has 1 aromatic carbocycles. The molecule has 2 aromatic rings. The summed E-state index contributed by atoms with van der Waals surface area (Å²) in [7, 11) is 2.11. The fourth-order valence-corrected chi connectivity index (χ4v) is 3.35. The van der Waals surface area contributed by atoms with E-state index in [9.17, 15) is 4.39 Å². The Hall–Kier alpha value is -0.910. The molecule has 6 heteroatoms. The van der Waals surface area contributed by atoms with Gasteiger partial charge in [0.05, 0.1) is 16.1 Å². The predicted molar refractivity (Wildman–Crippen MR) is 77.9 cm³/mol. The molecule has 0 spiro atoms. The molecule has 1 aromatic heterocycles. The Labute approximate surface area is 121 Å². The molecule has 1 unspecified atom stereocenters. The number of hydrogen-bond acceptors (Lipinski definition) is 2. The minimum atomic E-state index is -0.418. The maximum absolute atomic E-state index is 13.5. The standard InChI is InChI=1S/C13H15ClFN3S/c1-17-4-2-3-8(7-17)18-12-5-9(14)10(15)6-11(12)16-13(18)19/h5-6,8H,2-4,7H2,1H3,(H,16,19). The quantitative estimate of drug-likeness (QED) is 0.811. The zero-order valence-corrected chi connectivity index (χ0v) is 12.2. The van der Waals surface area contributed by atoms with E-state index >= 15 is 0 Å². The van der Waals surface area contributed by atoms with E-state index in [4.69, 9.17) is 23.8 Å². The van der Waals surface area contributed by atoms with Gasteiger partial charge in [-0.1, -0.05) is 11.6 Å². The summed E-state index contributed by atoms with van der Waals surface area (Å²) in [5.41, 5.74) is 1.59. The van der Waals surface area contributed by atoms with Gasteiger partial charge in [0.2, 0.25) is 0 Å². The summed E-state index contributed by atoms with van der Waals surface area (Å²) in [4.78, 5) is 5.36. The molecule has 1 aliphatic rings. The number of likely N-dealkylation sites (tertiary alicyclic amines) is 1. The number of piperidine rings is 1. The first-order valence-electron chi connectivity index (χ1n) is 6.34. The molecule has 3 nitrogen and oxygen atoms in total. The second-order valence-corrected chi connectivity index (χ2v) is 5.94. The minimum absolute atomic E-state index is 0.138. The van der Waals surface area contributed by atoms with E-state index in [2.05, 4.69) is 21.5 Å². The lowest BCUT2D eigenvalue weighted by molar-refractivity contribution is 0.214. The molecule has 0 aliphatic carbocycles. The molecule has 102 valence electrons. The highest BCUT2D eigenvalue weighted by atomic mass is 35.5. The van der Waals surface area contributed by atoms with Crippen LogP contribution >= 0.6 is 23.8 Å². The summed E-state index contributed by atoms with van der Waals surface area (Å²) in [5.74, 6) is -0.418. The van der Waals surface area contributed by atoms with Crippen LogP contribution in [-0.4, -0.2) is 34.6 Å². The molecule has 1 atom stereocenters. The lowest BCUT2D eigenvalue weighted by atomic mass is 10.1. The Morgan fingerprint density at radius 1 is 1.47 bits per heavy atom. The normalized spacial score (nSPS) is 21.1. The van der Waals surface area contributed by atoms with Crippen molar-refractivity contribution in [2.24, 2.45) is 0 Å². The van der Waals surface area contributed by atoms with E-state index in [0.717, 1.165) is 31.4 Å². The number of likely N-dealkylation sites (N-methyl/N-ethyl adjacent to an activating group) is 1. The summed E-state index contributed by atoms with van der Waals surface area (Å²) in [6, 6.07) is 3.39. The van der Waals surface area contributed by atoms with Gasteiger partial charge in [-0.2, -0.15) is 0 Å². The first kappa shape index (κ1) is 13.1. The highest BCUT2D eigenvalue weighted by molar-refractivity contribution is 7.71. The Bertz CT molecular complexity index is 678. The lowest BCUT2D eigenvalue weighted by Crippen LogP contribution is -2.33. The maximum Gasteiger partial charge on any atom is 0.178 e. The van der Waals surface area contributed by atoms with E-state index in [1.165, 1.54) is 6.07 Å². The molecule has 2 heterocycles. The number of nitrogens with zero attached hydrogens (tertiary/aromatic N) is 2. The van der Waals surface area contributed by atoms with Crippen molar-refractivity contribution >= 4 is 34.9 Å². The van der Waals surface area contributed by atoms with Gasteiger partial charge in [0.1, 0.15) is 5.82 Å². The maximum atomic E-state index is 13.5. The fourth-order valence-electron chi connectivity index (χ4n) is 2.83. The highest BCUT2D eigenvalue weighted by Crippen LogP contribution is 2.28. The second-order valence-electron chi connectivity index (χ2n) is 5.14. The number of aromatic nitrogens is 2. The van der Waals surface area contributed by atoms with Crippen molar-refractivity contribution in [1.82, 2.24) is 14.5 Å². The monoisotopic (exact) mass is 299 g/mol. The van der Waals surface area contributed by atoms with Crippen molar-refractivity contribution in [1.29, 1.82) is 0 Å². The van der Waals surface area contributed by atoms with Crippen molar-refractivity contribution in [2.75, 3.05) is 20.1 Å². The SMILES string of the molecule is CN1CCCC(n2c(=S)[nH]c3cc(F)c(Cl)cc32)C1. The van der Waals surface area contributed by atoms with Gasteiger partial charge in [0.25, 0.3) is 0 Å². The summed E-state index contributed by atoms with van der Waals surface area (Å²) < 4.78 is 16.2. The fraction of sp³-hybridized carbons (Fsp3) is 0.462. The summed E-state index contributed by atoms with van der Waals surface area (Å²) >= 11 is 11.3. The molecule has 0 bridgehead atoms. The Kier molecular flexibility index (Phi) is 3.37. The molecule has 0 amide bonds. The van der Waals surface area contributed by atoms with Crippen LogP contribution in [0.4, 0.5) is 4.39 Å². The predicted octanol–water partition coefficient (Wildman–Crippen LogP) is 3.76. The van der Waals surface area contributed by atoms with E-state index in [1.807, 2.05) is 0 Å². The summed E-state index contributed by atoms with van der Waals surface area (Å²) in [6.45, 7) is 2.07. The van der Waals surface area contributed by atoms with Gasteiger partial charge in [0.15, 0.2) is 4.77 Å². The van der Waals surface area contributed by atoms with E-state index < -0.39 is 5.82 Å². The van der Waals surface area contributed by atoms with Crippen LogP contribution in [0.25, 0.3) is 11.0 Å². The lowest BCUT2D eigenvalue weighted by Gasteiger charge is -2.30. The molecule has 1 saturated heterocycles. The average molecular weight is 300 g/mol. The van der Waals surface area contributed by atoms with Gasteiger partial charge < -0.3 is 14.5 Å². The third kappa shape index (κ3) is 2.30. The topological polar surface area (TPSA) is 24.0 Å². The second kappa shape index (κ2) is 4.89. The van der Waals surface area contributed by atoms with Gasteiger partial charge in [0, 0.05) is 18.7 Å². The van der Waals surface area contributed by atoms with Crippen LogP contribution in [0.5, 0.6) is 0 Å². The van der Waals surface area contributed by atoms with Gasteiger partial charge >= 0.3 is 0 Å². The molecule has 0 radical (unpaired) electrons. The number of rotatable bonds is 1. The van der Waals surface area contributed by atoms with E-state index in [-0.39, 0.29) is 5.02 Å². The molecule has 19 heavy (non-hydrogen) atoms. The Morgan fingerprint density at radius 2 is 2.26 bits per heavy atom. The third-order valence-electron chi connectivity index (χ3n) is 3.72. The van der Waals surface area contributed by atoms with Crippen molar-refractivity contribution in [3.8, 4) is 0 Å². The highest BCUT2D eigenvalue weighted by Gasteiger charge is 2.21. The largest absolute Gasteiger partial charge is 0.330 e. The van der Waals surface area contributed by atoms with Crippen LogP contribution in [0.1, 0.15) is 18.9 Å². The van der Waals surface area contributed by atoms with Gasteiger partial charge in [-0.15, -0.1) is 0 Å². The number of halogens is 2. The third-order valence-corrected chi connectivity index (χ3v) is 4.31. The molecular formula is C13H15ClFN3S. The van der Waals surface area contributed by atoms with Crippen molar-refractivity contribution in [3.63, 3.8) is 0 Å². The molecule has 1 N–H and O–H groups in total. The average Bonchev–Trinajstić information content (AvgIpc) is 2.65. The number of fused-ring (bicyclic) bond motifs is 1. The summed E-state index contributed by atoms with van der Waals surface area (Å²) in [5, 5.41) is 0.138. The van der Waals surface area contributed by atoms with Crippen molar-refractivity contribution in [2.45, 2.75) is 18.9 Å². The molecule has 0 saturated carbocycles. The number of hydrogen-bond donors (Lipinski definition) is 1. The smallest absolute Gasteiger partial charge is 0.178 e. The Morgan fingerprint density at radius 3 is 3.00 bits per heavy atom. The molecule has 1 fully saturated rings. The molecule has 3 rings (SSSR count). The van der Waals surface area contributed by atoms with Crippen molar-refractivity contribution in [3.05, 3.63) is 27.7 Å². The molecule has 1 aliphatic heterocycles. The summed E-state index contributed by atoms with van der Waals surface area (Å²) in [6.07, 6.45) is 2.23. The van der Waals surface area contributed by atoms with Crippen LogP contribution in [0, 0.1) is 10.6 Å². The zero-order chi connectivity index (χ0) is 13.6. The van der Waals surface area contributed by atoms with Crippen LogP contribution in [0.3, 0.4) is 0 Å². The van der Waals surface area contributed by atoms with Gasteiger partial charge in [-0.3, -0.25) is 0 Å². The first-order chi connectivity index (χ1) is 9.06. The number of benzene rings is 1. The van der Waals surface area contributed by atoms with Gasteiger partial charge in [-0.25, -0.2) is 4.39 Å². The number of H-pyrrole nitrogens is 1.